The number of rotatable bonds is 3. The zero-order valence-electron chi connectivity index (χ0n) is 13.5. The lowest BCUT2D eigenvalue weighted by Crippen LogP contribution is -2.47. The van der Waals surface area contributed by atoms with Crippen LogP contribution in [0.5, 0.6) is 5.75 Å². The predicted octanol–water partition coefficient (Wildman–Crippen LogP) is 2.37. The summed E-state index contributed by atoms with van der Waals surface area (Å²) in [4.78, 5) is 30.9. The highest BCUT2D eigenvalue weighted by atomic mass is 19.1. The molecule has 0 atom stereocenters. The summed E-state index contributed by atoms with van der Waals surface area (Å²) in [6, 6.07) is 3.83. The first kappa shape index (κ1) is 17.1. The summed E-state index contributed by atoms with van der Waals surface area (Å²) < 4.78 is 19.2. The van der Waals surface area contributed by atoms with E-state index in [4.69, 9.17) is 9.57 Å². The van der Waals surface area contributed by atoms with Crippen molar-refractivity contribution in [1.82, 2.24) is 10.2 Å². The molecule has 1 aliphatic rings. The van der Waals surface area contributed by atoms with E-state index in [1.807, 2.05) is 0 Å². The summed E-state index contributed by atoms with van der Waals surface area (Å²) in [6.07, 6.45) is -0.623. The first-order valence-corrected chi connectivity index (χ1v) is 7.40. The van der Waals surface area contributed by atoms with Crippen LogP contribution in [0.3, 0.4) is 0 Å². The second kappa shape index (κ2) is 6.91. The van der Waals surface area contributed by atoms with Crippen molar-refractivity contribution in [3.05, 3.63) is 28.9 Å². The summed E-state index contributed by atoms with van der Waals surface area (Å²) in [5, 5.41) is 3.11. The molecule has 1 aliphatic heterocycles. The Bertz CT molecular complexity index is 595. The van der Waals surface area contributed by atoms with Gasteiger partial charge in [0.25, 0.3) is 4.92 Å². The Labute approximate surface area is 133 Å². The van der Waals surface area contributed by atoms with Gasteiger partial charge in [0, 0.05) is 26.2 Å². The quantitative estimate of drug-likeness (QED) is 0.864. The molecule has 7 nitrogen and oxygen atoms in total. The molecule has 1 aromatic carbocycles. The van der Waals surface area contributed by atoms with Crippen molar-refractivity contribution in [3.8, 4) is 5.75 Å². The topological polar surface area (TPSA) is 70.9 Å². The zero-order chi connectivity index (χ0) is 17.0. The van der Waals surface area contributed by atoms with Gasteiger partial charge in [-0.2, -0.15) is 4.39 Å². The minimum atomic E-state index is -0.824. The normalized spacial score (nSPS) is 15.2. The minimum Gasteiger partial charge on any atom is -0.403 e. The molecule has 0 bridgehead atoms. The lowest BCUT2D eigenvalue weighted by atomic mass is 10.2. The van der Waals surface area contributed by atoms with Crippen LogP contribution in [0.1, 0.15) is 20.8 Å². The van der Waals surface area contributed by atoms with Gasteiger partial charge in [-0.15, -0.1) is 0 Å². The molecule has 0 radical (unpaired) electrons. The van der Waals surface area contributed by atoms with Gasteiger partial charge >= 0.3 is 11.8 Å². The van der Waals surface area contributed by atoms with E-state index in [-0.39, 0.29) is 10.7 Å². The standard InChI is InChI=1S/C15H21FN3O4/c1-15(2,3)23-19(21)13-11(16)5-4-6-12(13)22-14(20)18-9-7-17-8-10-18/h4-6,17H,7-10H2,1-3H3/q+1. The van der Waals surface area contributed by atoms with Crippen LogP contribution in [0.15, 0.2) is 18.2 Å². The van der Waals surface area contributed by atoms with Crippen LogP contribution in [-0.2, 0) is 4.84 Å². The highest BCUT2D eigenvalue weighted by molar-refractivity contribution is 5.72. The molecule has 0 unspecified atom stereocenters. The molecule has 1 aromatic rings. The predicted molar refractivity (Wildman–Crippen MR) is 81.0 cm³/mol. The summed E-state index contributed by atoms with van der Waals surface area (Å²) in [7, 11) is 0. The fourth-order valence-corrected chi connectivity index (χ4v) is 2.06. The van der Waals surface area contributed by atoms with E-state index in [0.29, 0.717) is 26.2 Å². The van der Waals surface area contributed by atoms with Gasteiger partial charge in [0.05, 0.1) is 4.91 Å². The third-order valence-electron chi connectivity index (χ3n) is 3.06. The lowest BCUT2D eigenvalue weighted by Gasteiger charge is -2.26. The number of nitrogens with one attached hydrogen (secondary N) is 1. The average Bonchev–Trinajstić information content (AvgIpc) is 2.46. The summed E-state index contributed by atoms with van der Waals surface area (Å²) >= 11 is 0. The van der Waals surface area contributed by atoms with Crippen LogP contribution in [0, 0.1) is 10.7 Å². The Kier molecular flexibility index (Phi) is 5.15. The Morgan fingerprint density at radius 3 is 2.57 bits per heavy atom. The maximum atomic E-state index is 14.0. The van der Waals surface area contributed by atoms with Gasteiger partial charge in [-0.25, -0.2) is 9.63 Å². The Morgan fingerprint density at radius 2 is 1.96 bits per heavy atom. The molecule has 0 spiro atoms. The van der Waals surface area contributed by atoms with Crippen molar-refractivity contribution in [3.63, 3.8) is 0 Å². The number of nitrogens with zero attached hydrogens (tertiary/aromatic N) is 2. The molecule has 8 heteroatoms. The molecule has 0 aromatic heterocycles. The molecule has 0 aliphatic carbocycles. The number of para-hydroxylation sites is 1. The van der Waals surface area contributed by atoms with Gasteiger partial charge in [0.15, 0.2) is 5.60 Å². The van der Waals surface area contributed by atoms with E-state index >= 15 is 0 Å². The van der Waals surface area contributed by atoms with E-state index in [1.165, 1.54) is 17.0 Å². The van der Waals surface area contributed by atoms with Crippen molar-refractivity contribution < 1.29 is 23.7 Å². The summed E-state index contributed by atoms with van der Waals surface area (Å²) in [5.74, 6) is -0.998. The SMILES string of the molecule is CC(C)(C)O[N+](=O)c1c(F)cccc1OC(=O)N1CCNCC1. The maximum Gasteiger partial charge on any atom is 0.415 e. The number of halogens is 1. The number of ether oxygens (including phenoxy) is 1. The Morgan fingerprint density at radius 1 is 1.30 bits per heavy atom. The number of carbonyl (C=O) groups excluding carboxylic acids is 1. The van der Waals surface area contributed by atoms with Gasteiger partial charge in [0.1, 0.15) is 0 Å². The number of hydrogen-bond donors (Lipinski definition) is 1. The van der Waals surface area contributed by atoms with Crippen molar-refractivity contribution in [2.45, 2.75) is 26.4 Å². The van der Waals surface area contributed by atoms with E-state index in [9.17, 15) is 14.1 Å². The smallest absolute Gasteiger partial charge is 0.403 e. The van der Waals surface area contributed by atoms with Crippen LogP contribution in [0.4, 0.5) is 14.9 Å². The number of hydrogen-bond acceptors (Lipinski definition) is 5. The third-order valence-corrected chi connectivity index (χ3v) is 3.06. The fourth-order valence-electron chi connectivity index (χ4n) is 2.06. The Hall–Kier alpha value is -2.22. The monoisotopic (exact) mass is 326 g/mol. The molecule has 1 N–H and O–H groups in total. The van der Waals surface area contributed by atoms with Gasteiger partial charge in [-0.05, 0) is 32.9 Å². The molecule has 1 heterocycles. The molecule has 126 valence electrons. The molecule has 1 saturated heterocycles. The summed E-state index contributed by atoms with van der Waals surface area (Å²) in [6.45, 7) is 7.27. The van der Waals surface area contributed by atoms with Crippen LogP contribution >= 0.6 is 0 Å². The number of carbonyl (C=O) groups is 1. The van der Waals surface area contributed by atoms with Gasteiger partial charge in [-0.1, -0.05) is 6.07 Å². The maximum absolute atomic E-state index is 14.0. The number of amides is 1. The molecular formula is C15H21FN3O4+. The van der Waals surface area contributed by atoms with Gasteiger partial charge in [0.2, 0.25) is 11.6 Å². The van der Waals surface area contributed by atoms with Crippen LogP contribution in [0.25, 0.3) is 0 Å². The number of piperazine rings is 1. The van der Waals surface area contributed by atoms with Crippen molar-refractivity contribution in [2.75, 3.05) is 26.2 Å². The van der Waals surface area contributed by atoms with Gasteiger partial charge in [-0.3, -0.25) is 0 Å². The second-order valence-electron chi connectivity index (χ2n) is 6.15. The highest BCUT2D eigenvalue weighted by Crippen LogP contribution is 2.32. The van der Waals surface area contributed by atoms with Crippen molar-refractivity contribution in [2.24, 2.45) is 0 Å². The molecule has 0 saturated carbocycles. The number of benzene rings is 1. The highest BCUT2D eigenvalue weighted by Gasteiger charge is 2.35. The Balaban J connectivity index is 2.20. The first-order valence-electron chi connectivity index (χ1n) is 7.40. The molecule has 2 rings (SSSR count). The van der Waals surface area contributed by atoms with Gasteiger partial charge < -0.3 is 15.0 Å². The van der Waals surface area contributed by atoms with Crippen LogP contribution in [0.2, 0.25) is 0 Å². The molecular weight excluding hydrogens is 305 g/mol. The van der Waals surface area contributed by atoms with Crippen LogP contribution < -0.4 is 10.1 Å². The largest absolute Gasteiger partial charge is 0.415 e. The fraction of sp³-hybridized carbons (Fsp3) is 0.533. The van der Waals surface area contributed by atoms with Crippen molar-refractivity contribution >= 4 is 11.8 Å². The van der Waals surface area contributed by atoms with Crippen molar-refractivity contribution in [1.29, 1.82) is 0 Å². The van der Waals surface area contributed by atoms with E-state index in [0.717, 1.165) is 6.07 Å². The van der Waals surface area contributed by atoms with Crippen LogP contribution in [-0.4, -0.2) is 47.7 Å². The van der Waals surface area contributed by atoms with E-state index in [2.05, 4.69) is 5.32 Å². The minimum absolute atomic E-state index is 0.0513. The first-order chi connectivity index (χ1) is 10.8. The molecule has 23 heavy (non-hydrogen) atoms. The zero-order valence-corrected chi connectivity index (χ0v) is 13.5. The van der Waals surface area contributed by atoms with E-state index < -0.39 is 23.2 Å². The second-order valence-corrected chi connectivity index (χ2v) is 6.15. The van der Waals surface area contributed by atoms with E-state index in [1.54, 1.807) is 20.8 Å². The molecule has 1 amide bonds. The summed E-state index contributed by atoms with van der Waals surface area (Å²) in [5.41, 5.74) is -1.27. The average molecular weight is 326 g/mol. The molecule has 1 fully saturated rings. The lowest BCUT2D eigenvalue weighted by molar-refractivity contribution is -0.767. The third kappa shape index (κ3) is 4.62.